The van der Waals surface area contributed by atoms with Gasteiger partial charge < -0.3 is 5.73 Å². The lowest BCUT2D eigenvalue weighted by atomic mass is 9.98. The largest absolute Gasteiger partial charge is 0.327 e. The van der Waals surface area contributed by atoms with E-state index in [2.05, 4.69) is 18.9 Å². The molecule has 2 rings (SSSR count). The Morgan fingerprint density at radius 3 is 2.56 bits per heavy atom. The van der Waals surface area contributed by atoms with E-state index in [4.69, 9.17) is 17.3 Å². The molecule has 2 N–H and O–H groups in total. The molecule has 0 amide bonds. The highest BCUT2D eigenvalue weighted by Crippen LogP contribution is 2.53. The molecule has 1 saturated carbocycles. The van der Waals surface area contributed by atoms with Crippen LogP contribution in [0.5, 0.6) is 0 Å². The van der Waals surface area contributed by atoms with Gasteiger partial charge in [-0.1, -0.05) is 25.4 Å². The van der Waals surface area contributed by atoms with Crippen molar-refractivity contribution in [2.75, 3.05) is 0 Å². The van der Waals surface area contributed by atoms with Gasteiger partial charge in [0.1, 0.15) is 5.15 Å². The van der Waals surface area contributed by atoms with E-state index in [0.29, 0.717) is 11.3 Å². The summed E-state index contributed by atoms with van der Waals surface area (Å²) in [5.74, 6) is 0.628. The average molecular weight is 242 g/mol. The number of hydrogen-bond donors (Lipinski definition) is 1. The van der Waals surface area contributed by atoms with Gasteiger partial charge in [-0.3, -0.25) is 4.68 Å². The highest BCUT2D eigenvalue weighted by Gasteiger charge is 2.48. The van der Waals surface area contributed by atoms with Crippen molar-refractivity contribution >= 4 is 11.6 Å². The summed E-state index contributed by atoms with van der Waals surface area (Å²) in [7, 11) is 1.87. The molecule has 0 radical (unpaired) electrons. The molecule has 1 aliphatic rings. The summed E-state index contributed by atoms with van der Waals surface area (Å²) < 4.78 is 1.72. The zero-order chi connectivity index (χ0) is 12.1. The van der Waals surface area contributed by atoms with Crippen molar-refractivity contribution in [3.05, 3.63) is 16.4 Å². The van der Waals surface area contributed by atoms with Crippen molar-refractivity contribution in [3.63, 3.8) is 0 Å². The Bertz CT molecular complexity index is 409. The van der Waals surface area contributed by atoms with Crippen LogP contribution in [-0.4, -0.2) is 15.8 Å². The van der Waals surface area contributed by atoms with Gasteiger partial charge in [-0.05, 0) is 31.1 Å². The van der Waals surface area contributed by atoms with E-state index in [1.807, 2.05) is 14.0 Å². The van der Waals surface area contributed by atoms with Crippen molar-refractivity contribution in [1.29, 1.82) is 0 Å². The second kappa shape index (κ2) is 3.74. The first kappa shape index (κ1) is 11.9. The summed E-state index contributed by atoms with van der Waals surface area (Å²) >= 11 is 6.20. The molecular weight excluding hydrogens is 222 g/mol. The lowest BCUT2D eigenvalue weighted by Gasteiger charge is -2.13. The molecule has 2 unspecified atom stereocenters. The molecule has 0 aliphatic heterocycles. The van der Waals surface area contributed by atoms with Gasteiger partial charge in [0.25, 0.3) is 0 Å². The number of nitrogens with zero attached hydrogens (tertiary/aromatic N) is 2. The third-order valence-electron chi connectivity index (χ3n) is 3.82. The Morgan fingerprint density at radius 1 is 1.62 bits per heavy atom. The summed E-state index contributed by atoms with van der Waals surface area (Å²) in [5, 5.41) is 5.04. The molecule has 1 aromatic rings. The van der Waals surface area contributed by atoms with Crippen LogP contribution in [-0.2, 0) is 13.5 Å². The van der Waals surface area contributed by atoms with Crippen LogP contribution in [0.25, 0.3) is 0 Å². The second-order valence-corrected chi connectivity index (χ2v) is 6.00. The first-order chi connectivity index (χ1) is 7.33. The number of rotatable bonds is 3. The SMILES string of the molecule is Cc1nn(C)c(Cl)c1CC(N)C1CC1(C)C. The van der Waals surface area contributed by atoms with E-state index in [1.165, 1.54) is 6.42 Å². The van der Waals surface area contributed by atoms with E-state index in [0.717, 1.165) is 22.8 Å². The Hall–Kier alpha value is -0.540. The van der Waals surface area contributed by atoms with Crippen LogP contribution in [0.1, 0.15) is 31.5 Å². The third kappa shape index (κ3) is 1.98. The summed E-state index contributed by atoms with van der Waals surface area (Å²) in [6.45, 7) is 6.54. The fraction of sp³-hybridized carbons (Fsp3) is 0.750. The Labute approximate surface area is 102 Å². The van der Waals surface area contributed by atoms with Gasteiger partial charge in [-0.15, -0.1) is 0 Å². The quantitative estimate of drug-likeness (QED) is 0.883. The highest BCUT2D eigenvalue weighted by molar-refractivity contribution is 6.30. The monoisotopic (exact) mass is 241 g/mol. The average Bonchev–Trinajstić information content (AvgIpc) is 2.75. The van der Waals surface area contributed by atoms with Gasteiger partial charge in [-0.2, -0.15) is 5.10 Å². The molecule has 4 heteroatoms. The van der Waals surface area contributed by atoms with Crippen LogP contribution in [0.4, 0.5) is 0 Å². The molecule has 0 aromatic carbocycles. The molecule has 2 atom stereocenters. The maximum Gasteiger partial charge on any atom is 0.130 e. The van der Waals surface area contributed by atoms with Gasteiger partial charge in [0.05, 0.1) is 5.69 Å². The smallest absolute Gasteiger partial charge is 0.130 e. The van der Waals surface area contributed by atoms with E-state index in [-0.39, 0.29) is 6.04 Å². The normalized spacial score (nSPS) is 24.5. The molecule has 1 aromatic heterocycles. The number of aryl methyl sites for hydroxylation is 2. The zero-order valence-corrected chi connectivity index (χ0v) is 11.2. The van der Waals surface area contributed by atoms with Gasteiger partial charge in [0.2, 0.25) is 0 Å². The van der Waals surface area contributed by atoms with Crippen molar-refractivity contribution in [1.82, 2.24) is 9.78 Å². The van der Waals surface area contributed by atoms with E-state index in [9.17, 15) is 0 Å². The van der Waals surface area contributed by atoms with E-state index in [1.54, 1.807) is 4.68 Å². The van der Waals surface area contributed by atoms with Crippen LogP contribution in [0.2, 0.25) is 5.15 Å². The van der Waals surface area contributed by atoms with Crippen LogP contribution in [0.15, 0.2) is 0 Å². The first-order valence-corrected chi connectivity index (χ1v) is 6.14. The van der Waals surface area contributed by atoms with Gasteiger partial charge in [0, 0.05) is 18.7 Å². The number of nitrogens with two attached hydrogens (primary N) is 1. The van der Waals surface area contributed by atoms with Crippen LogP contribution in [0, 0.1) is 18.3 Å². The molecule has 1 fully saturated rings. The minimum absolute atomic E-state index is 0.204. The van der Waals surface area contributed by atoms with Crippen molar-refractivity contribution < 1.29 is 0 Å². The maximum absolute atomic E-state index is 6.24. The van der Waals surface area contributed by atoms with Gasteiger partial charge in [0.15, 0.2) is 0 Å². The fourth-order valence-electron chi connectivity index (χ4n) is 2.52. The first-order valence-electron chi connectivity index (χ1n) is 5.76. The summed E-state index contributed by atoms with van der Waals surface area (Å²) in [5.41, 5.74) is 8.77. The Kier molecular flexibility index (Phi) is 2.79. The van der Waals surface area contributed by atoms with Crippen LogP contribution in [0.3, 0.4) is 0 Å². The molecule has 90 valence electrons. The predicted molar refractivity (Wildman–Crippen MR) is 66.5 cm³/mol. The molecule has 0 bridgehead atoms. The second-order valence-electron chi connectivity index (χ2n) is 5.65. The topological polar surface area (TPSA) is 43.8 Å². The third-order valence-corrected chi connectivity index (χ3v) is 4.29. The maximum atomic E-state index is 6.24. The molecule has 0 saturated heterocycles. The Morgan fingerprint density at radius 2 is 2.19 bits per heavy atom. The number of halogens is 1. The molecular formula is C12H20ClN3. The molecule has 1 aliphatic carbocycles. The van der Waals surface area contributed by atoms with Crippen LogP contribution < -0.4 is 5.73 Å². The molecule has 16 heavy (non-hydrogen) atoms. The van der Waals surface area contributed by atoms with Crippen LogP contribution >= 0.6 is 11.6 Å². The van der Waals surface area contributed by atoms with Gasteiger partial charge in [-0.25, -0.2) is 0 Å². The minimum Gasteiger partial charge on any atom is -0.327 e. The standard InChI is InChI=1S/C12H20ClN3/c1-7-8(11(13)16(4)15-7)5-10(14)9-6-12(9,2)3/h9-10H,5-6,14H2,1-4H3. The highest BCUT2D eigenvalue weighted by atomic mass is 35.5. The zero-order valence-electron chi connectivity index (χ0n) is 10.4. The fourth-order valence-corrected chi connectivity index (χ4v) is 2.77. The predicted octanol–water partition coefficient (Wildman–Crippen LogP) is 2.30. The number of aromatic nitrogens is 2. The Balaban J connectivity index is 2.10. The molecule has 0 spiro atoms. The van der Waals surface area contributed by atoms with Crippen molar-refractivity contribution in [2.24, 2.45) is 24.1 Å². The molecule has 1 heterocycles. The van der Waals surface area contributed by atoms with E-state index >= 15 is 0 Å². The lowest BCUT2D eigenvalue weighted by Crippen LogP contribution is -2.27. The summed E-state index contributed by atoms with van der Waals surface area (Å²) in [4.78, 5) is 0. The van der Waals surface area contributed by atoms with E-state index < -0.39 is 0 Å². The number of hydrogen-bond acceptors (Lipinski definition) is 2. The van der Waals surface area contributed by atoms with Crippen molar-refractivity contribution in [2.45, 2.75) is 39.7 Å². The lowest BCUT2D eigenvalue weighted by molar-refractivity contribution is 0.476. The van der Waals surface area contributed by atoms with Gasteiger partial charge >= 0.3 is 0 Å². The summed E-state index contributed by atoms with van der Waals surface area (Å²) in [6, 6.07) is 0.204. The molecule has 3 nitrogen and oxygen atoms in total. The summed E-state index contributed by atoms with van der Waals surface area (Å²) in [6.07, 6.45) is 2.07. The van der Waals surface area contributed by atoms with Crippen molar-refractivity contribution in [3.8, 4) is 0 Å². The minimum atomic E-state index is 0.204.